The molecule has 0 aromatic rings. The average molecular weight is 184 g/mol. The maximum atomic E-state index is 10.6. The molecule has 1 fully saturated rings. The van der Waals surface area contributed by atoms with Gasteiger partial charge in [0.2, 0.25) is 0 Å². The van der Waals surface area contributed by atoms with Gasteiger partial charge in [-0.3, -0.25) is 0 Å². The SMILES string of the molecule is C=CC(=O)OCCCCC1OC1C. The minimum absolute atomic E-state index is 0.337. The Morgan fingerprint density at radius 3 is 2.85 bits per heavy atom. The van der Waals surface area contributed by atoms with Gasteiger partial charge in [-0.15, -0.1) is 0 Å². The molecule has 2 unspecified atom stereocenters. The molecule has 2 atom stereocenters. The summed E-state index contributed by atoms with van der Waals surface area (Å²) in [6.07, 6.45) is 5.12. The molecule has 3 heteroatoms. The van der Waals surface area contributed by atoms with E-state index in [-0.39, 0.29) is 5.97 Å². The van der Waals surface area contributed by atoms with Gasteiger partial charge in [0.1, 0.15) is 0 Å². The molecule has 1 rings (SSSR count). The Balaban J connectivity index is 1.84. The monoisotopic (exact) mass is 184 g/mol. The van der Waals surface area contributed by atoms with Gasteiger partial charge >= 0.3 is 5.97 Å². The molecule has 1 aliphatic heterocycles. The van der Waals surface area contributed by atoms with E-state index in [4.69, 9.17) is 9.47 Å². The van der Waals surface area contributed by atoms with Crippen LogP contribution in [0, 0.1) is 0 Å². The van der Waals surface area contributed by atoms with E-state index < -0.39 is 0 Å². The number of epoxide rings is 1. The zero-order valence-electron chi connectivity index (χ0n) is 7.99. The van der Waals surface area contributed by atoms with E-state index in [9.17, 15) is 4.79 Å². The Labute approximate surface area is 78.7 Å². The Morgan fingerprint density at radius 2 is 2.31 bits per heavy atom. The number of hydrogen-bond donors (Lipinski definition) is 0. The summed E-state index contributed by atoms with van der Waals surface area (Å²) >= 11 is 0. The minimum Gasteiger partial charge on any atom is -0.463 e. The number of rotatable bonds is 6. The minimum atomic E-state index is -0.337. The van der Waals surface area contributed by atoms with Gasteiger partial charge in [0.05, 0.1) is 18.8 Å². The molecule has 3 nitrogen and oxygen atoms in total. The van der Waals surface area contributed by atoms with Crippen molar-refractivity contribution in [2.24, 2.45) is 0 Å². The fourth-order valence-electron chi connectivity index (χ4n) is 1.21. The first-order valence-corrected chi connectivity index (χ1v) is 4.68. The summed E-state index contributed by atoms with van der Waals surface area (Å²) in [5, 5.41) is 0. The molecule has 74 valence electrons. The second kappa shape index (κ2) is 5.02. The van der Waals surface area contributed by atoms with Crippen molar-refractivity contribution in [3.05, 3.63) is 12.7 Å². The molecule has 0 saturated carbocycles. The van der Waals surface area contributed by atoms with Crippen LogP contribution in [0.5, 0.6) is 0 Å². The summed E-state index contributed by atoms with van der Waals surface area (Å²) in [6, 6.07) is 0. The lowest BCUT2D eigenvalue weighted by Crippen LogP contribution is -2.02. The molecular weight excluding hydrogens is 168 g/mol. The van der Waals surface area contributed by atoms with Crippen LogP contribution in [0.2, 0.25) is 0 Å². The van der Waals surface area contributed by atoms with Gasteiger partial charge < -0.3 is 9.47 Å². The molecule has 0 aliphatic carbocycles. The third kappa shape index (κ3) is 4.08. The van der Waals surface area contributed by atoms with Crippen LogP contribution in [-0.2, 0) is 14.3 Å². The van der Waals surface area contributed by atoms with Crippen LogP contribution >= 0.6 is 0 Å². The quantitative estimate of drug-likeness (QED) is 0.273. The maximum Gasteiger partial charge on any atom is 0.330 e. The molecule has 1 heterocycles. The summed E-state index contributed by atoms with van der Waals surface area (Å²) < 4.78 is 10.1. The van der Waals surface area contributed by atoms with Crippen molar-refractivity contribution >= 4 is 5.97 Å². The largest absolute Gasteiger partial charge is 0.463 e. The van der Waals surface area contributed by atoms with Gasteiger partial charge in [-0.25, -0.2) is 4.79 Å². The number of unbranched alkanes of at least 4 members (excludes halogenated alkanes) is 1. The molecule has 0 amide bonds. The summed E-state index contributed by atoms with van der Waals surface area (Å²) in [5.74, 6) is -0.337. The average Bonchev–Trinajstić information content (AvgIpc) is 2.81. The molecule has 13 heavy (non-hydrogen) atoms. The molecule has 0 aromatic carbocycles. The van der Waals surface area contributed by atoms with Crippen molar-refractivity contribution in [3.63, 3.8) is 0 Å². The predicted molar refractivity (Wildman–Crippen MR) is 49.3 cm³/mol. The van der Waals surface area contributed by atoms with Crippen LogP contribution < -0.4 is 0 Å². The van der Waals surface area contributed by atoms with Gasteiger partial charge in [0.15, 0.2) is 0 Å². The van der Waals surface area contributed by atoms with Crippen molar-refractivity contribution < 1.29 is 14.3 Å². The van der Waals surface area contributed by atoms with E-state index in [2.05, 4.69) is 13.5 Å². The van der Waals surface area contributed by atoms with Gasteiger partial charge in [-0.1, -0.05) is 6.58 Å². The first kappa shape index (κ1) is 10.3. The van der Waals surface area contributed by atoms with E-state index >= 15 is 0 Å². The molecular formula is C10H16O3. The van der Waals surface area contributed by atoms with Crippen molar-refractivity contribution in [2.45, 2.75) is 38.4 Å². The van der Waals surface area contributed by atoms with E-state index in [1.165, 1.54) is 6.08 Å². The van der Waals surface area contributed by atoms with E-state index in [1.54, 1.807) is 0 Å². The lowest BCUT2D eigenvalue weighted by molar-refractivity contribution is -0.137. The number of esters is 1. The second-order valence-electron chi connectivity index (χ2n) is 3.25. The first-order valence-electron chi connectivity index (χ1n) is 4.68. The second-order valence-corrected chi connectivity index (χ2v) is 3.25. The normalized spacial score (nSPS) is 25.3. The number of carbonyl (C=O) groups is 1. The highest BCUT2D eigenvalue weighted by molar-refractivity contribution is 5.81. The molecule has 0 spiro atoms. The van der Waals surface area contributed by atoms with Crippen LogP contribution in [0.4, 0.5) is 0 Å². The Bertz CT molecular complexity index is 189. The molecule has 0 bridgehead atoms. The van der Waals surface area contributed by atoms with Crippen LogP contribution in [0.25, 0.3) is 0 Å². The highest BCUT2D eigenvalue weighted by Crippen LogP contribution is 2.25. The van der Waals surface area contributed by atoms with E-state index in [0.29, 0.717) is 18.8 Å². The van der Waals surface area contributed by atoms with E-state index in [0.717, 1.165) is 19.3 Å². The van der Waals surface area contributed by atoms with Crippen LogP contribution in [-0.4, -0.2) is 24.8 Å². The number of ether oxygens (including phenoxy) is 2. The third-order valence-electron chi connectivity index (χ3n) is 2.13. The third-order valence-corrected chi connectivity index (χ3v) is 2.13. The Kier molecular flexibility index (Phi) is 3.96. The van der Waals surface area contributed by atoms with Gasteiger partial charge in [0, 0.05) is 6.08 Å². The highest BCUT2D eigenvalue weighted by Gasteiger charge is 2.32. The molecule has 0 radical (unpaired) electrons. The molecule has 1 saturated heterocycles. The van der Waals surface area contributed by atoms with E-state index in [1.807, 2.05) is 0 Å². The topological polar surface area (TPSA) is 38.8 Å². The Morgan fingerprint density at radius 1 is 1.62 bits per heavy atom. The zero-order chi connectivity index (χ0) is 9.68. The fourth-order valence-corrected chi connectivity index (χ4v) is 1.21. The highest BCUT2D eigenvalue weighted by atomic mass is 16.6. The van der Waals surface area contributed by atoms with Crippen molar-refractivity contribution in [1.82, 2.24) is 0 Å². The zero-order valence-corrected chi connectivity index (χ0v) is 7.99. The van der Waals surface area contributed by atoms with Crippen molar-refractivity contribution in [1.29, 1.82) is 0 Å². The number of hydrogen-bond acceptors (Lipinski definition) is 3. The molecule has 0 N–H and O–H groups in total. The smallest absolute Gasteiger partial charge is 0.330 e. The van der Waals surface area contributed by atoms with Crippen LogP contribution in [0.1, 0.15) is 26.2 Å². The predicted octanol–water partition coefficient (Wildman–Crippen LogP) is 1.67. The van der Waals surface area contributed by atoms with Gasteiger partial charge in [-0.05, 0) is 26.2 Å². The lowest BCUT2D eigenvalue weighted by Gasteiger charge is -2.00. The summed E-state index contributed by atoms with van der Waals surface area (Å²) in [4.78, 5) is 10.6. The Hall–Kier alpha value is -0.830. The van der Waals surface area contributed by atoms with Crippen LogP contribution in [0.3, 0.4) is 0 Å². The van der Waals surface area contributed by atoms with Crippen molar-refractivity contribution in [3.8, 4) is 0 Å². The van der Waals surface area contributed by atoms with Gasteiger partial charge in [0.25, 0.3) is 0 Å². The first-order chi connectivity index (χ1) is 6.24. The fraction of sp³-hybridized carbons (Fsp3) is 0.700. The van der Waals surface area contributed by atoms with Crippen molar-refractivity contribution in [2.75, 3.05) is 6.61 Å². The summed E-state index contributed by atoms with van der Waals surface area (Å²) in [7, 11) is 0. The summed E-state index contributed by atoms with van der Waals surface area (Å²) in [6.45, 7) is 5.88. The lowest BCUT2D eigenvalue weighted by atomic mass is 10.2. The van der Waals surface area contributed by atoms with Crippen LogP contribution in [0.15, 0.2) is 12.7 Å². The molecule has 1 aliphatic rings. The molecule has 0 aromatic heterocycles. The number of carbonyl (C=O) groups excluding carboxylic acids is 1. The maximum absolute atomic E-state index is 10.6. The van der Waals surface area contributed by atoms with Gasteiger partial charge in [-0.2, -0.15) is 0 Å². The summed E-state index contributed by atoms with van der Waals surface area (Å²) in [5.41, 5.74) is 0. The standard InChI is InChI=1S/C10H16O3/c1-3-10(11)12-7-5-4-6-9-8(2)13-9/h3,8-9H,1,4-7H2,2H3.